The van der Waals surface area contributed by atoms with Crippen molar-refractivity contribution in [2.45, 2.75) is 58.1 Å². The highest BCUT2D eigenvalue weighted by Gasteiger charge is 2.18. The van der Waals surface area contributed by atoms with Gasteiger partial charge in [-0.15, -0.1) is 0 Å². The van der Waals surface area contributed by atoms with Gasteiger partial charge in [-0.25, -0.2) is 9.59 Å². The van der Waals surface area contributed by atoms with Gasteiger partial charge in [0.2, 0.25) is 0 Å². The Bertz CT molecular complexity index is 505. The molecule has 120 valence electrons. The van der Waals surface area contributed by atoms with Crippen molar-refractivity contribution < 1.29 is 14.3 Å². The Morgan fingerprint density at radius 1 is 1.09 bits per heavy atom. The highest BCUT2D eigenvalue weighted by Crippen LogP contribution is 2.21. The molecule has 2 N–H and O–H groups in total. The highest BCUT2D eigenvalue weighted by atomic mass is 16.5. The average molecular weight is 304 g/mol. The van der Waals surface area contributed by atoms with Crippen molar-refractivity contribution in [1.82, 2.24) is 5.32 Å². The molecule has 22 heavy (non-hydrogen) atoms. The summed E-state index contributed by atoms with van der Waals surface area (Å²) in [4.78, 5) is 23.7. The first-order valence-electron chi connectivity index (χ1n) is 7.93. The molecule has 0 aliphatic heterocycles. The van der Waals surface area contributed by atoms with Gasteiger partial charge < -0.3 is 15.4 Å². The summed E-state index contributed by atoms with van der Waals surface area (Å²) in [5.41, 5.74) is 1.16. The summed E-state index contributed by atoms with van der Waals surface area (Å²) in [5, 5.41) is 5.46. The second-order valence-electron chi connectivity index (χ2n) is 6.00. The maximum atomic E-state index is 12.1. The lowest BCUT2D eigenvalue weighted by Gasteiger charge is -2.21. The number of carbonyl (C=O) groups is 2. The van der Waals surface area contributed by atoms with Crippen LogP contribution in [-0.2, 0) is 4.74 Å². The van der Waals surface area contributed by atoms with Crippen molar-refractivity contribution >= 4 is 17.7 Å². The van der Waals surface area contributed by atoms with Crippen LogP contribution in [0.1, 0.15) is 56.3 Å². The van der Waals surface area contributed by atoms with Crippen molar-refractivity contribution in [2.24, 2.45) is 0 Å². The monoisotopic (exact) mass is 304 g/mol. The van der Waals surface area contributed by atoms with Crippen LogP contribution >= 0.6 is 0 Å². The first-order valence-corrected chi connectivity index (χ1v) is 7.93. The van der Waals surface area contributed by atoms with Crippen LogP contribution < -0.4 is 10.6 Å². The number of hydrogen-bond donors (Lipinski definition) is 2. The van der Waals surface area contributed by atoms with Gasteiger partial charge in [0.25, 0.3) is 0 Å². The second kappa shape index (κ2) is 7.82. The predicted molar refractivity (Wildman–Crippen MR) is 86.0 cm³/mol. The van der Waals surface area contributed by atoms with E-state index in [1.165, 1.54) is 6.42 Å². The molecule has 0 saturated heterocycles. The lowest BCUT2D eigenvalue weighted by atomic mass is 9.98. The molecule has 5 nitrogen and oxygen atoms in total. The van der Waals surface area contributed by atoms with E-state index in [4.69, 9.17) is 4.74 Å². The quantitative estimate of drug-likeness (QED) is 0.833. The number of rotatable bonds is 4. The molecular formula is C17H24N2O3. The standard InChI is InChI=1S/C17H24N2O3/c1-12(2)18-17(21)19-14-10-8-13(9-11-14)16(20)22-15-6-4-3-5-7-15/h8-12,15H,3-7H2,1-2H3,(H2,18,19,21). The van der Waals surface area contributed by atoms with Crippen molar-refractivity contribution in [2.75, 3.05) is 5.32 Å². The first kappa shape index (κ1) is 16.3. The Hall–Kier alpha value is -2.04. The van der Waals surface area contributed by atoms with Gasteiger partial charge in [0, 0.05) is 11.7 Å². The van der Waals surface area contributed by atoms with E-state index >= 15 is 0 Å². The Morgan fingerprint density at radius 2 is 1.73 bits per heavy atom. The maximum Gasteiger partial charge on any atom is 0.338 e. The molecule has 5 heteroatoms. The molecule has 1 aromatic rings. The van der Waals surface area contributed by atoms with E-state index in [-0.39, 0.29) is 24.1 Å². The zero-order valence-electron chi connectivity index (χ0n) is 13.2. The number of esters is 1. The number of amides is 2. The third-order valence-electron chi connectivity index (χ3n) is 3.62. The van der Waals surface area contributed by atoms with Crippen molar-refractivity contribution in [1.29, 1.82) is 0 Å². The smallest absolute Gasteiger partial charge is 0.338 e. The van der Waals surface area contributed by atoms with E-state index in [2.05, 4.69) is 10.6 Å². The van der Waals surface area contributed by atoms with E-state index in [0.29, 0.717) is 11.3 Å². The summed E-state index contributed by atoms with van der Waals surface area (Å²) in [6, 6.07) is 6.58. The van der Waals surface area contributed by atoms with Crippen LogP contribution in [0.25, 0.3) is 0 Å². The molecule has 1 aliphatic carbocycles. The van der Waals surface area contributed by atoms with Crippen LogP contribution in [0.5, 0.6) is 0 Å². The molecule has 1 saturated carbocycles. The summed E-state index contributed by atoms with van der Waals surface area (Å²) >= 11 is 0. The molecule has 0 heterocycles. The number of hydrogen-bond acceptors (Lipinski definition) is 3. The lowest BCUT2D eigenvalue weighted by Crippen LogP contribution is -2.34. The van der Waals surface area contributed by atoms with Gasteiger partial charge in [-0.1, -0.05) is 6.42 Å². The lowest BCUT2D eigenvalue weighted by molar-refractivity contribution is 0.0211. The van der Waals surface area contributed by atoms with Crippen LogP contribution in [-0.4, -0.2) is 24.1 Å². The zero-order valence-corrected chi connectivity index (χ0v) is 13.2. The fourth-order valence-electron chi connectivity index (χ4n) is 2.52. The minimum absolute atomic E-state index is 0.0517. The highest BCUT2D eigenvalue weighted by molar-refractivity contribution is 5.92. The topological polar surface area (TPSA) is 67.4 Å². The number of carbonyl (C=O) groups excluding carboxylic acids is 2. The zero-order chi connectivity index (χ0) is 15.9. The van der Waals surface area contributed by atoms with Crippen molar-refractivity contribution in [3.05, 3.63) is 29.8 Å². The van der Waals surface area contributed by atoms with E-state index in [1.54, 1.807) is 24.3 Å². The maximum absolute atomic E-state index is 12.1. The average Bonchev–Trinajstić information content (AvgIpc) is 2.48. The van der Waals surface area contributed by atoms with Crippen molar-refractivity contribution in [3.8, 4) is 0 Å². The van der Waals surface area contributed by atoms with E-state index in [1.807, 2.05) is 13.8 Å². The van der Waals surface area contributed by atoms with Crippen LogP contribution in [0.4, 0.5) is 10.5 Å². The fraction of sp³-hybridized carbons (Fsp3) is 0.529. The molecule has 0 spiro atoms. The van der Waals surface area contributed by atoms with E-state index < -0.39 is 0 Å². The molecule has 1 aromatic carbocycles. The Balaban J connectivity index is 1.87. The van der Waals surface area contributed by atoms with Gasteiger partial charge >= 0.3 is 12.0 Å². The van der Waals surface area contributed by atoms with Crippen LogP contribution in [0.15, 0.2) is 24.3 Å². The SMILES string of the molecule is CC(C)NC(=O)Nc1ccc(C(=O)OC2CCCCC2)cc1. The van der Waals surface area contributed by atoms with Gasteiger partial charge in [0.1, 0.15) is 6.10 Å². The fourth-order valence-corrected chi connectivity index (χ4v) is 2.52. The molecule has 1 fully saturated rings. The summed E-state index contributed by atoms with van der Waals surface area (Å²) in [5.74, 6) is -0.287. The predicted octanol–water partition coefficient (Wildman–Crippen LogP) is 3.71. The molecule has 2 rings (SSSR count). The summed E-state index contributed by atoms with van der Waals surface area (Å²) in [7, 11) is 0. The molecule has 0 aromatic heterocycles. The van der Waals surface area contributed by atoms with Gasteiger partial charge in [-0.3, -0.25) is 0 Å². The minimum atomic E-state index is -0.287. The first-order chi connectivity index (χ1) is 10.5. The van der Waals surface area contributed by atoms with Gasteiger partial charge in [-0.05, 0) is 63.8 Å². The molecule has 2 amide bonds. The molecule has 0 atom stereocenters. The normalized spacial score (nSPS) is 15.4. The summed E-state index contributed by atoms with van der Waals surface area (Å²) < 4.78 is 5.51. The molecular weight excluding hydrogens is 280 g/mol. The summed E-state index contributed by atoms with van der Waals surface area (Å²) in [6.07, 6.45) is 5.46. The Morgan fingerprint density at radius 3 is 2.32 bits per heavy atom. The number of anilines is 1. The third kappa shape index (κ3) is 5.06. The van der Waals surface area contributed by atoms with Crippen LogP contribution in [0.3, 0.4) is 0 Å². The van der Waals surface area contributed by atoms with Gasteiger partial charge in [0.05, 0.1) is 5.56 Å². The number of benzene rings is 1. The van der Waals surface area contributed by atoms with Crippen LogP contribution in [0.2, 0.25) is 0 Å². The van der Waals surface area contributed by atoms with Crippen molar-refractivity contribution in [3.63, 3.8) is 0 Å². The van der Waals surface area contributed by atoms with E-state index in [0.717, 1.165) is 25.7 Å². The number of nitrogens with one attached hydrogen (secondary N) is 2. The van der Waals surface area contributed by atoms with E-state index in [9.17, 15) is 9.59 Å². The molecule has 1 aliphatic rings. The largest absolute Gasteiger partial charge is 0.459 e. The van der Waals surface area contributed by atoms with Gasteiger partial charge in [0.15, 0.2) is 0 Å². The Kier molecular flexibility index (Phi) is 5.81. The Labute approximate surface area is 131 Å². The van der Waals surface area contributed by atoms with Crippen LogP contribution in [0, 0.1) is 0 Å². The van der Waals surface area contributed by atoms with Gasteiger partial charge in [-0.2, -0.15) is 0 Å². The molecule has 0 radical (unpaired) electrons. The molecule has 0 unspecified atom stereocenters. The summed E-state index contributed by atoms with van der Waals surface area (Å²) in [6.45, 7) is 3.79. The molecule has 0 bridgehead atoms. The minimum Gasteiger partial charge on any atom is -0.459 e. The number of ether oxygens (including phenoxy) is 1. The third-order valence-corrected chi connectivity index (χ3v) is 3.62. The second-order valence-corrected chi connectivity index (χ2v) is 6.00. The number of urea groups is 1.